The maximum Gasteiger partial charge on any atom is 0.160 e. The molecular formula is C16H26N4S. The largest absolute Gasteiger partial charge is 0.306 e. The molecule has 0 radical (unpaired) electrons. The van der Waals surface area contributed by atoms with E-state index in [4.69, 9.17) is 0 Å². The highest BCUT2D eigenvalue weighted by Gasteiger charge is 2.21. The van der Waals surface area contributed by atoms with Crippen LogP contribution >= 0.6 is 11.8 Å². The molecule has 0 amide bonds. The third kappa shape index (κ3) is 4.45. The molecule has 0 bridgehead atoms. The van der Waals surface area contributed by atoms with Crippen LogP contribution in [0.3, 0.4) is 0 Å². The maximum atomic E-state index is 4.39. The highest BCUT2D eigenvalue weighted by molar-refractivity contribution is 8.00. The number of thioether (sulfide) groups is 1. The van der Waals surface area contributed by atoms with Crippen LogP contribution in [-0.2, 0) is 0 Å². The average Bonchev–Trinajstić information content (AvgIpc) is 2.81. The smallest absolute Gasteiger partial charge is 0.160 e. The predicted molar refractivity (Wildman–Crippen MR) is 90.8 cm³/mol. The molecule has 4 nitrogen and oxygen atoms in total. The van der Waals surface area contributed by atoms with Gasteiger partial charge in [-0.3, -0.25) is 4.40 Å². The van der Waals surface area contributed by atoms with E-state index in [-0.39, 0.29) is 6.04 Å². The Morgan fingerprint density at radius 1 is 1.24 bits per heavy atom. The standard InChI is InChI=1S/C16H26N4S/c1-12(2)14(17-9-11-21-16(3,4)5)15-19-18-13-8-6-7-10-20(13)15/h6-8,10,12,14,17H,9,11H2,1-5H3/t14-/m0/s1. The van der Waals surface area contributed by atoms with Crippen molar-refractivity contribution in [2.75, 3.05) is 12.3 Å². The van der Waals surface area contributed by atoms with Gasteiger partial charge < -0.3 is 5.32 Å². The minimum Gasteiger partial charge on any atom is -0.306 e. The van der Waals surface area contributed by atoms with Gasteiger partial charge in [0.25, 0.3) is 0 Å². The molecule has 1 atom stereocenters. The Morgan fingerprint density at radius 3 is 2.67 bits per heavy atom. The molecule has 0 aliphatic rings. The maximum absolute atomic E-state index is 4.39. The Hall–Kier alpha value is -1.07. The van der Waals surface area contributed by atoms with Crippen molar-refractivity contribution in [3.63, 3.8) is 0 Å². The highest BCUT2D eigenvalue weighted by Crippen LogP contribution is 2.24. The second kappa shape index (κ2) is 6.79. The second-order valence-electron chi connectivity index (χ2n) is 6.62. The minimum absolute atomic E-state index is 0.225. The zero-order valence-corrected chi connectivity index (χ0v) is 14.4. The number of hydrogen-bond donors (Lipinski definition) is 1. The Labute approximate surface area is 131 Å². The average molecular weight is 306 g/mol. The summed E-state index contributed by atoms with van der Waals surface area (Å²) in [6.07, 6.45) is 2.03. The normalized spacial score (nSPS) is 14.0. The fourth-order valence-corrected chi connectivity index (χ4v) is 3.10. The zero-order chi connectivity index (χ0) is 15.5. The van der Waals surface area contributed by atoms with Gasteiger partial charge in [0.15, 0.2) is 11.5 Å². The molecule has 0 aliphatic heterocycles. The Bertz CT molecular complexity index is 571. The van der Waals surface area contributed by atoms with Gasteiger partial charge in [0.05, 0.1) is 6.04 Å². The summed E-state index contributed by atoms with van der Waals surface area (Å²) in [5, 5.41) is 12.3. The molecule has 0 spiro atoms. The van der Waals surface area contributed by atoms with Crippen LogP contribution in [0, 0.1) is 5.92 Å². The van der Waals surface area contributed by atoms with Gasteiger partial charge >= 0.3 is 0 Å². The first-order valence-corrected chi connectivity index (χ1v) is 8.54. The molecule has 21 heavy (non-hydrogen) atoms. The van der Waals surface area contributed by atoms with Gasteiger partial charge in [0.2, 0.25) is 0 Å². The summed E-state index contributed by atoms with van der Waals surface area (Å²) >= 11 is 1.98. The number of fused-ring (bicyclic) bond motifs is 1. The first-order chi connectivity index (χ1) is 9.88. The van der Waals surface area contributed by atoms with Crippen molar-refractivity contribution < 1.29 is 0 Å². The van der Waals surface area contributed by atoms with Crippen LogP contribution in [0.4, 0.5) is 0 Å². The van der Waals surface area contributed by atoms with Crippen LogP contribution in [0.2, 0.25) is 0 Å². The predicted octanol–water partition coefficient (Wildman–Crippen LogP) is 3.55. The fourth-order valence-electron chi connectivity index (χ4n) is 2.27. The van der Waals surface area contributed by atoms with E-state index in [0.717, 1.165) is 23.8 Å². The lowest BCUT2D eigenvalue weighted by atomic mass is 10.0. The molecule has 0 unspecified atom stereocenters. The molecule has 0 saturated carbocycles. The van der Waals surface area contributed by atoms with E-state index in [2.05, 4.69) is 54.5 Å². The molecule has 5 heteroatoms. The van der Waals surface area contributed by atoms with E-state index in [0.29, 0.717) is 10.7 Å². The van der Waals surface area contributed by atoms with Gasteiger partial charge in [0, 0.05) is 23.2 Å². The van der Waals surface area contributed by atoms with Crippen LogP contribution < -0.4 is 5.32 Å². The highest BCUT2D eigenvalue weighted by atomic mass is 32.2. The van der Waals surface area contributed by atoms with Crippen LogP contribution in [0.25, 0.3) is 5.65 Å². The summed E-state index contributed by atoms with van der Waals surface area (Å²) in [7, 11) is 0. The Morgan fingerprint density at radius 2 is 2.00 bits per heavy atom. The third-order valence-corrected chi connectivity index (χ3v) is 4.56. The quantitative estimate of drug-likeness (QED) is 0.829. The summed E-state index contributed by atoms with van der Waals surface area (Å²) in [4.78, 5) is 0. The van der Waals surface area contributed by atoms with Crippen LogP contribution in [0.5, 0.6) is 0 Å². The van der Waals surface area contributed by atoms with Gasteiger partial charge in [-0.2, -0.15) is 11.8 Å². The summed E-state index contributed by atoms with van der Waals surface area (Å²) in [5.74, 6) is 2.57. The molecule has 116 valence electrons. The summed E-state index contributed by atoms with van der Waals surface area (Å²) in [6.45, 7) is 12.2. The third-order valence-electron chi connectivity index (χ3n) is 3.29. The molecular weight excluding hydrogens is 280 g/mol. The van der Waals surface area contributed by atoms with Gasteiger partial charge in [-0.25, -0.2) is 0 Å². The van der Waals surface area contributed by atoms with E-state index in [9.17, 15) is 0 Å². The Kier molecular flexibility index (Phi) is 5.27. The number of hydrogen-bond acceptors (Lipinski definition) is 4. The van der Waals surface area contributed by atoms with Gasteiger partial charge in [-0.1, -0.05) is 40.7 Å². The molecule has 1 N–H and O–H groups in total. The SMILES string of the molecule is CC(C)[C@H](NCCSC(C)(C)C)c1nnc2ccccn12. The number of aromatic nitrogens is 3. The second-order valence-corrected chi connectivity index (χ2v) is 8.55. The van der Waals surface area contributed by atoms with E-state index in [1.54, 1.807) is 0 Å². The first-order valence-electron chi connectivity index (χ1n) is 7.55. The van der Waals surface area contributed by atoms with Crippen LogP contribution in [0.1, 0.15) is 46.5 Å². The van der Waals surface area contributed by atoms with Crippen molar-refractivity contribution in [2.24, 2.45) is 5.92 Å². The molecule has 2 heterocycles. The summed E-state index contributed by atoms with van der Waals surface area (Å²) in [5.41, 5.74) is 0.906. The summed E-state index contributed by atoms with van der Waals surface area (Å²) < 4.78 is 2.39. The lowest BCUT2D eigenvalue weighted by Gasteiger charge is -2.22. The molecule has 0 saturated heterocycles. The number of nitrogens with one attached hydrogen (secondary N) is 1. The van der Waals surface area contributed by atoms with Gasteiger partial charge in [0.1, 0.15) is 0 Å². The minimum atomic E-state index is 0.225. The van der Waals surface area contributed by atoms with Crippen molar-refractivity contribution in [3.05, 3.63) is 30.2 Å². The van der Waals surface area contributed by atoms with Gasteiger partial charge in [-0.05, 0) is 18.1 Å². The summed E-state index contributed by atoms with van der Waals surface area (Å²) in [6, 6.07) is 6.23. The molecule has 0 aliphatic carbocycles. The first kappa shape index (κ1) is 16.3. The number of pyridine rings is 1. The van der Waals surface area contributed by atoms with Crippen molar-refractivity contribution >= 4 is 17.4 Å². The van der Waals surface area contributed by atoms with E-state index in [1.165, 1.54) is 0 Å². The fraction of sp³-hybridized carbons (Fsp3) is 0.625. The molecule has 2 rings (SSSR count). The zero-order valence-electron chi connectivity index (χ0n) is 13.6. The van der Waals surface area contributed by atoms with Crippen molar-refractivity contribution in [2.45, 2.75) is 45.4 Å². The molecule has 0 fully saturated rings. The molecule has 2 aromatic rings. The topological polar surface area (TPSA) is 42.2 Å². The number of rotatable bonds is 6. The van der Waals surface area contributed by atoms with E-state index < -0.39 is 0 Å². The van der Waals surface area contributed by atoms with Gasteiger partial charge in [-0.15, -0.1) is 10.2 Å². The molecule has 2 aromatic heterocycles. The molecule has 0 aromatic carbocycles. The lowest BCUT2D eigenvalue weighted by molar-refractivity contribution is 0.401. The monoisotopic (exact) mass is 306 g/mol. The van der Waals surface area contributed by atoms with Crippen molar-refractivity contribution in [1.82, 2.24) is 19.9 Å². The number of nitrogens with zero attached hydrogens (tertiary/aromatic N) is 3. The van der Waals surface area contributed by atoms with Crippen LogP contribution in [0.15, 0.2) is 24.4 Å². The van der Waals surface area contributed by atoms with Crippen molar-refractivity contribution in [1.29, 1.82) is 0 Å². The van der Waals surface area contributed by atoms with E-state index >= 15 is 0 Å². The van der Waals surface area contributed by atoms with E-state index in [1.807, 2.05) is 36.2 Å². The van der Waals surface area contributed by atoms with Crippen LogP contribution in [-0.4, -0.2) is 31.6 Å². The van der Waals surface area contributed by atoms with Crippen molar-refractivity contribution in [3.8, 4) is 0 Å². The lowest BCUT2D eigenvalue weighted by Crippen LogP contribution is -2.30. The Balaban J connectivity index is 2.06.